The first-order valence-corrected chi connectivity index (χ1v) is 5.99. The molecule has 6 nitrogen and oxygen atoms in total. The van der Waals surface area contributed by atoms with Gasteiger partial charge in [-0.2, -0.15) is 0 Å². The second-order valence-electron chi connectivity index (χ2n) is 4.37. The second-order valence-corrected chi connectivity index (χ2v) is 4.37. The predicted molar refractivity (Wildman–Crippen MR) is 64.6 cm³/mol. The van der Waals surface area contributed by atoms with Crippen LogP contribution >= 0.6 is 0 Å². The van der Waals surface area contributed by atoms with Crippen LogP contribution in [0.4, 0.5) is 5.69 Å². The first-order valence-electron chi connectivity index (χ1n) is 5.99. The van der Waals surface area contributed by atoms with Gasteiger partial charge in [0.15, 0.2) is 0 Å². The Kier molecular flexibility index (Phi) is 2.76. The number of methoxy groups -OCH3 is 1. The fourth-order valence-electron chi connectivity index (χ4n) is 2.32. The van der Waals surface area contributed by atoms with Crippen LogP contribution in [0.15, 0.2) is 18.2 Å². The molecule has 100 valence electrons. The molecule has 1 aromatic rings. The molecule has 1 spiro atoms. The van der Waals surface area contributed by atoms with Gasteiger partial charge in [0, 0.05) is 5.56 Å². The van der Waals surface area contributed by atoms with E-state index >= 15 is 0 Å². The highest BCUT2D eigenvalue weighted by molar-refractivity contribution is 6.05. The van der Waals surface area contributed by atoms with Crippen LogP contribution in [0.1, 0.15) is 22.3 Å². The van der Waals surface area contributed by atoms with Crippen LogP contribution in [-0.4, -0.2) is 32.2 Å². The lowest BCUT2D eigenvalue weighted by atomic mass is 10.0. The van der Waals surface area contributed by atoms with Crippen molar-refractivity contribution in [1.82, 2.24) is 0 Å². The summed E-state index contributed by atoms with van der Waals surface area (Å²) in [5.41, 5.74) is 1.48. The summed E-state index contributed by atoms with van der Waals surface area (Å²) in [7, 11) is 1.31. The van der Waals surface area contributed by atoms with Crippen LogP contribution in [0.5, 0.6) is 0 Å². The summed E-state index contributed by atoms with van der Waals surface area (Å²) in [5.74, 6) is -2.24. The maximum Gasteiger partial charge on any atom is 0.337 e. The standard InChI is InChI=1S/C13H13NO5/c1-17-11(15)8-3-4-10-9(7-8)13(12(16)14-10)18-5-2-6-19-13/h3-4,7H,2,5-6H2,1H3,(H,14,16). The van der Waals surface area contributed by atoms with E-state index in [9.17, 15) is 9.59 Å². The Balaban J connectivity index is 2.08. The lowest BCUT2D eigenvalue weighted by Crippen LogP contribution is -2.43. The van der Waals surface area contributed by atoms with E-state index in [0.717, 1.165) is 6.42 Å². The Morgan fingerprint density at radius 1 is 1.37 bits per heavy atom. The summed E-state index contributed by atoms with van der Waals surface area (Å²) in [5, 5.41) is 2.70. The number of anilines is 1. The van der Waals surface area contributed by atoms with Crippen molar-refractivity contribution in [2.45, 2.75) is 12.2 Å². The average molecular weight is 263 g/mol. The molecule has 6 heteroatoms. The highest BCUT2D eigenvalue weighted by Gasteiger charge is 2.51. The lowest BCUT2D eigenvalue weighted by molar-refractivity contribution is -0.255. The third kappa shape index (κ3) is 1.72. The number of carbonyl (C=O) groups is 2. The molecule has 1 N–H and O–H groups in total. The van der Waals surface area contributed by atoms with Crippen LogP contribution in [0.2, 0.25) is 0 Å². The van der Waals surface area contributed by atoms with Crippen molar-refractivity contribution < 1.29 is 23.8 Å². The van der Waals surface area contributed by atoms with E-state index in [1.54, 1.807) is 18.2 Å². The summed E-state index contributed by atoms with van der Waals surface area (Å²) < 4.78 is 15.8. The van der Waals surface area contributed by atoms with Crippen LogP contribution in [0, 0.1) is 0 Å². The van der Waals surface area contributed by atoms with E-state index in [4.69, 9.17) is 9.47 Å². The number of esters is 1. The highest BCUT2D eigenvalue weighted by Crippen LogP contribution is 2.42. The Bertz CT molecular complexity index is 548. The predicted octanol–water partition coefficient (Wildman–Crippen LogP) is 1.01. The SMILES string of the molecule is COC(=O)c1ccc2c(c1)C1(OCCCO1)C(=O)N2. The van der Waals surface area contributed by atoms with Crippen molar-refractivity contribution in [3.8, 4) is 0 Å². The Labute approximate surface area is 109 Å². The minimum atomic E-state index is -1.42. The molecule has 0 bridgehead atoms. The molecule has 3 rings (SSSR count). The van der Waals surface area contributed by atoms with Crippen molar-refractivity contribution in [1.29, 1.82) is 0 Å². The zero-order chi connectivity index (χ0) is 13.5. The summed E-state index contributed by atoms with van der Waals surface area (Å²) >= 11 is 0. The van der Waals surface area contributed by atoms with E-state index in [2.05, 4.69) is 10.1 Å². The molecular weight excluding hydrogens is 250 g/mol. The zero-order valence-corrected chi connectivity index (χ0v) is 10.4. The van der Waals surface area contributed by atoms with Crippen LogP contribution in [0.25, 0.3) is 0 Å². The van der Waals surface area contributed by atoms with Crippen molar-refractivity contribution in [3.05, 3.63) is 29.3 Å². The smallest absolute Gasteiger partial charge is 0.337 e. The van der Waals surface area contributed by atoms with Gasteiger partial charge in [-0.1, -0.05) is 0 Å². The largest absolute Gasteiger partial charge is 0.465 e. The fourth-order valence-corrected chi connectivity index (χ4v) is 2.32. The van der Waals surface area contributed by atoms with Gasteiger partial charge < -0.3 is 19.5 Å². The quantitative estimate of drug-likeness (QED) is 0.765. The van der Waals surface area contributed by atoms with Crippen LogP contribution < -0.4 is 5.32 Å². The molecule has 1 fully saturated rings. The molecule has 0 atom stereocenters. The third-order valence-electron chi connectivity index (χ3n) is 3.24. The van der Waals surface area contributed by atoms with Gasteiger partial charge in [0.05, 0.1) is 31.6 Å². The number of nitrogens with one attached hydrogen (secondary N) is 1. The molecule has 2 heterocycles. The van der Waals surface area contributed by atoms with Gasteiger partial charge in [-0.15, -0.1) is 0 Å². The van der Waals surface area contributed by atoms with E-state index in [1.165, 1.54) is 7.11 Å². The topological polar surface area (TPSA) is 73.9 Å². The number of hydrogen-bond acceptors (Lipinski definition) is 5. The zero-order valence-electron chi connectivity index (χ0n) is 10.4. The van der Waals surface area contributed by atoms with Crippen LogP contribution in [0.3, 0.4) is 0 Å². The van der Waals surface area contributed by atoms with E-state index in [0.29, 0.717) is 30.0 Å². The van der Waals surface area contributed by atoms with E-state index in [1.807, 2.05) is 0 Å². The Morgan fingerprint density at radius 2 is 2.11 bits per heavy atom. The number of carbonyl (C=O) groups excluding carboxylic acids is 2. The van der Waals surface area contributed by atoms with Crippen molar-refractivity contribution in [2.24, 2.45) is 0 Å². The highest BCUT2D eigenvalue weighted by atomic mass is 16.7. The molecule has 1 saturated heterocycles. The van der Waals surface area contributed by atoms with E-state index < -0.39 is 11.8 Å². The average Bonchev–Trinajstić information content (AvgIpc) is 2.71. The molecule has 0 saturated carbocycles. The minimum absolute atomic E-state index is 0.356. The summed E-state index contributed by atoms with van der Waals surface area (Å²) in [6.07, 6.45) is 0.737. The molecular formula is C13H13NO5. The van der Waals surface area contributed by atoms with Crippen molar-refractivity contribution >= 4 is 17.6 Å². The first-order chi connectivity index (χ1) is 9.17. The maximum absolute atomic E-state index is 12.1. The molecule has 1 amide bonds. The van der Waals surface area contributed by atoms with Crippen molar-refractivity contribution in [3.63, 3.8) is 0 Å². The normalized spacial score (nSPS) is 19.9. The number of amides is 1. The van der Waals surface area contributed by atoms with Gasteiger partial charge in [0.2, 0.25) is 0 Å². The van der Waals surface area contributed by atoms with Gasteiger partial charge in [0.1, 0.15) is 0 Å². The number of fused-ring (bicyclic) bond motifs is 2. The third-order valence-corrected chi connectivity index (χ3v) is 3.24. The Morgan fingerprint density at radius 3 is 2.79 bits per heavy atom. The second kappa shape index (κ2) is 4.32. The molecule has 0 aliphatic carbocycles. The maximum atomic E-state index is 12.1. The molecule has 0 aromatic heterocycles. The van der Waals surface area contributed by atoms with Gasteiger partial charge in [0.25, 0.3) is 11.7 Å². The number of hydrogen-bond donors (Lipinski definition) is 1. The summed E-state index contributed by atoms with van der Waals surface area (Å²) in [6, 6.07) is 4.81. The number of ether oxygens (including phenoxy) is 3. The van der Waals surface area contributed by atoms with Gasteiger partial charge in [-0.05, 0) is 24.6 Å². The first kappa shape index (κ1) is 12.1. The lowest BCUT2D eigenvalue weighted by Gasteiger charge is -2.31. The van der Waals surface area contributed by atoms with Gasteiger partial charge in [-0.25, -0.2) is 4.79 Å². The number of rotatable bonds is 1. The molecule has 19 heavy (non-hydrogen) atoms. The van der Waals surface area contributed by atoms with Crippen LogP contribution in [-0.2, 0) is 24.8 Å². The molecule has 2 aliphatic heterocycles. The van der Waals surface area contributed by atoms with E-state index in [-0.39, 0.29) is 5.91 Å². The van der Waals surface area contributed by atoms with Gasteiger partial charge >= 0.3 is 5.97 Å². The minimum Gasteiger partial charge on any atom is -0.465 e. The molecule has 2 aliphatic rings. The fraction of sp³-hybridized carbons (Fsp3) is 0.385. The number of benzene rings is 1. The summed E-state index contributed by atoms with van der Waals surface area (Å²) in [6.45, 7) is 0.880. The van der Waals surface area contributed by atoms with Gasteiger partial charge in [-0.3, -0.25) is 4.79 Å². The van der Waals surface area contributed by atoms with Crippen molar-refractivity contribution in [2.75, 3.05) is 25.6 Å². The summed E-state index contributed by atoms with van der Waals surface area (Å²) in [4.78, 5) is 23.6. The monoisotopic (exact) mass is 263 g/mol. The Hall–Kier alpha value is -1.92. The molecule has 1 aromatic carbocycles. The molecule has 0 radical (unpaired) electrons. The molecule has 0 unspecified atom stereocenters.